The minimum Gasteiger partial charge on any atom is -0.497 e. The van der Waals surface area contributed by atoms with Gasteiger partial charge >= 0.3 is 0 Å². The number of hydrogen-bond donors (Lipinski definition) is 1. The van der Waals surface area contributed by atoms with Crippen LogP contribution < -0.4 is 24.3 Å². The Labute approximate surface area is 173 Å². The van der Waals surface area contributed by atoms with E-state index in [0.717, 1.165) is 28.2 Å². The predicted molar refractivity (Wildman–Crippen MR) is 109 cm³/mol. The van der Waals surface area contributed by atoms with Gasteiger partial charge in [-0.05, 0) is 35.9 Å². The molecule has 0 saturated carbocycles. The first-order valence-electron chi connectivity index (χ1n) is 9.62. The highest BCUT2D eigenvalue weighted by Crippen LogP contribution is 2.42. The van der Waals surface area contributed by atoms with Crippen LogP contribution in [0.4, 0.5) is 5.82 Å². The fourth-order valence-electron chi connectivity index (χ4n) is 3.99. The molecule has 2 aliphatic heterocycles. The standard InChI is InChI=1S/C22H21N3O5/c1-27-14-4-6-18(28-2)16(8-14)15-9-21(26)24-22-17(15)10-23-25(22)11-13-3-5-19-20(7-13)30-12-29-19/h3-8,10,15H,9,11-12H2,1-2H3,(H,24,26)/t15-/m1/s1. The minimum atomic E-state index is -0.177. The summed E-state index contributed by atoms with van der Waals surface area (Å²) in [7, 11) is 3.24. The van der Waals surface area contributed by atoms with Crippen molar-refractivity contribution >= 4 is 11.7 Å². The van der Waals surface area contributed by atoms with Gasteiger partial charge in [0.05, 0.1) is 27.0 Å². The number of ether oxygens (including phenoxy) is 4. The summed E-state index contributed by atoms with van der Waals surface area (Å²) in [5, 5.41) is 7.53. The van der Waals surface area contributed by atoms with Crippen molar-refractivity contribution in [3.8, 4) is 23.0 Å². The molecule has 0 aliphatic carbocycles. The number of carbonyl (C=O) groups is 1. The molecule has 8 nitrogen and oxygen atoms in total. The van der Waals surface area contributed by atoms with Crippen molar-refractivity contribution in [3.63, 3.8) is 0 Å². The summed E-state index contributed by atoms with van der Waals surface area (Å²) >= 11 is 0. The van der Waals surface area contributed by atoms with Gasteiger partial charge in [0, 0.05) is 23.5 Å². The van der Waals surface area contributed by atoms with E-state index in [4.69, 9.17) is 18.9 Å². The molecule has 2 aliphatic rings. The fraction of sp³-hybridized carbons (Fsp3) is 0.273. The molecular formula is C22H21N3O5. The number of carbonyl (C=O) groups excluding carboxylic acids is 1. The maximum Gasteiger partial charge on any atom is 0.231 e. The summed E-state index contributed by atoms with van der Waals surface area (Å²) < 4.78 is 23.6. The zero-order valence-corrected chi connectivity index (χ0v) is 16.7. The van der Waals surface area contributed by atoms with Crippen LogP contribution in [-0.2, 0) is 11.3 Å². The largest absolute Gasteiger partial charge is 0.497 e. The van der Waals surface area contributed by atoms with E-state index in [-0.39, 0.29) is 18.6 Å². The van der Waals surface area contributed by atoms with Crippen molar-refractivity contribution in [2.24, 2.45) is 0 Å². The first-order valence-corrected chi connectivity index (χ1v) is 9.62. The maximum absolute atomic E-state index is 12.6. The SMILES string of the molecule is COc1ccc(OC)c([C@H]2CC(=O)Nc3c2cnn3Cc2ccc3c(c2)OCO3)c1. The Kier molecular flexibility index (Phi) is 4.46. The molecule has 8 heteroatoms. The Morgan fingerprint density at radius 3 is 2.80 bits per heavy atom. The second-order valence-electron chi connectivity index (χ2n) is 7.21. The molecule has 30 heavy (non-hydrogen) atoms. The molecule has 0 radical (unpaired) electrons. The van der Waals surface area contributed by atoms with E-state index in [1.165, 1.54) is 0 Å². The Hall–Kier alpha value is -3.68. The molecule has 154 valence electrons. The fourth-order valence-corrected chi connectivity index (χ4v) is 3.99. The van der Waals surface area contributed by atoms with Gasteiger partial charge in [-0.25, -0.2) is 4.68 Å². The van der Waals surface area contributed by atoms with E-state index < -0.39 is 0 Å². The number of rotatable bonds is 5. The quantitative estimate of drug-likeness (QED) is 0.700. The van der Waals surface area contributed by atoms with Crippen molar-refractivity contribution in [2.75, 3.05) is 26.3 Å². The third kappa shape index (κ3) is 3.10. The van der Waals surface area contributed by atoms with Gasteiger partial charge in [0.15, 0.2) is 11.5 Å². The van der Waals surface area contributed by atoms with Crippen LogP contribution in [0.5, 0.6) is 23.0 Å². The summed E-state index contributed by atoms with van der Waals surface area (Å²) in [6.45, 7) is 0.726. The van der Waals surface area contributed by atoms with Crippen molar-refractivity contribution in [2.45, 2.75) is 18.9 Å². The number of aromatic nitrogens is 2. The molecule has 0 bridgehead atoms. The van der Waals surface area contributed by atoms with Crippen molar-refractivity contribution in [1.82, 2.24) is 9.78 Å². The third-order valence-electron chi connectivity index (χ3n) is 5.47. The van der Waals surface area contributed by atoms with Gasteiger partial charge < -0.3 is 24.3 Å². The number of hydrogen-bond acceptors (Lipinski definition) is 6. The summed E-state index contributed by atoms with van der Waals surface area (Å²) in [4.78, 5) is 12.6. The highest BCUT2D eigenvalue weighted by atomic mass is 16.7. The van der Waals surface area contributed by atoms with Crippen molar-refractivity contribution < 1.29 is 23.7 Å². The van der Waals surface area contributed by atoms with E-state index >= 15 is 0 Å². The van der Waals surface area contributed by atoms with E-state index in [1.807, 2.05) is 42.6 Å². The number of fused-ring (bicyclic) bond motifs is 2. The first-order chi connectivity index (χ1) is 14.7. The summed E-state index contributed by atoms with van der Waals surface area (Å²) in [6.07, 6.45) is 2.12. The third-order valence-corrected chi connectivity index (χ3v) is 5.47. The van der Waals surface area contributed by atoms with Gasteiger partial charge in [-0.3, -0.25) is 4.79 Å². The van der Waals surface area contributed by atoms with Crippen LogP contribution in [0, 0.1) is 0 Å². The smallest absolute Gasteiger partial charge is 0.231 e. The van der Waals surface area contributed by atoms with E-state index in [0.29, 0.717) is 30.3 Å². The Balaban J connectivity index is 1.51. The van der Waals surface area contributed by atoms with Gasteiger partial charge in [-0.1, -0.05) is 6.07 Å². The summed E-state index contributed by atoms with van der Waals surface area (Å²) in [6, 6.07) is 11.4. The van der Waals surface area contributed by atoms with Gasteiger partial charge in [-0.15, -0.1) is 0 Å². The van der Waals surface area contributed by atoms with Gasteiger partial charge in [0.1, 0.15) is 17.3 Å². The Morgan fingerprint density at radius 2 is 1.97 bits per heavy atom. The van der Waals surface area contributed by atoms with Crippen molar-refractivity contribution in [1.29, 1.82) is 0 Å². The van der Waals surface area contributed by atoms with E-state index in [1.54, 1.807) is 18.9 Å². The number of nitrogens with one attached hydrogen (secondary N) is 1. The van der Waals surface area contributed by atoms with Crippen LogP contribution in [-0.4, -0.2) is 36.7 Å². The topological polar surface area (TPSA) is 83.8 Å². The predicted octanol–water partition coefficient (Wildman–Crippen LogP) is 3.15. The molecular weight excluding hydrogens is 386 g/mol. The minimum absolute atomic E-state index is 0.0650. The molecule has 1 N–H and O–H groups in total. The number of amides is 1. The molecule has 0 unspecified atom stereocenters. The molecule has 1 atom stereocenters. The molecule has 2 aromatic carbocycles. The lowest BCUT2D eigenvalue weighted by atomic mass is 9.86. The second-order valence-corrected chi connectivity index (χ2v) is 7.21. The van der Waals surface area contributed by atoms with Crippen molar-refractivity contribution in [3.05, 3.63) is 59.3 Å². The lowest BCUT2D eigenvalue weighted by Crippen LogP contribution is -2.25. The normalized spacial score (nSPS) is 16.7. The molecule has 0 spiro atoms. The lowest BCUT2D eigenvalue weighted by Gasteiger charge is -2.25. The van der Waals surface area contributed by atoms with Crippen LogP contribution in [0.25, 0.3) is 0 Å². The second kappa shape index (κ2) is 7.29. The zero-order chi connectivity index (χ0) is 20.7. The number of anilines is 1. The molecule has 3 aromatic rings. The number of methoxy groups -OCH3 is 2. The van der Waals surface area contributed by atoms with Gasteiger partial charge in [0.25, 0.3) is 0 Å². The van der Waals surface area contributed by atoms with Gasteiger partial charge in [-0.2, -0.15) is 5.10 Å². The number of nitrogens with zero attached hydrogens (tertiary/aromatic N) is 2. The highest BCUT2D eigenvalue weighted by Gasteiger charge is 2.32. The average molecular weight is 407 g/mol. The molecule has 0 fully saturated rings. The van der Waals surface area contributed by atoms with E-state index in [2.05, 4.69) is 10.4 Å². The molecule has 1 aromatic heterocycles. The molecule has 5 rings (SSSR count). The van der Waals surface area contributed by atoms with Crippen LogP contribution in [0.15, 0.2) is 42.6 Å². The monoisotopic (exact) mass is 407 g/mol. The number of benzene rings is 2. The highest BCUT2D eigenvalue weighted by molar-refractivity contribution is 5.94. The van der Waals surface area contributed by atoms with Crippen LogP contribution >= 0.6 is 0 Å². The zero-order valence-electron chi connectivity index (χ0n) is 16.7. The molecule has 0 saturated heterocycles. The average Bonchev–Trinajstić information content (AvgIpc) is 3.39. The maximum atomic E-state index is 12.6. The summed E-state index contributed by atoms with van der Waals surface area (Å²) in [5.74, 6) is 3.33. The van der Waals surface area contributed by atoms with Crippen LogP contribution in [0.3, 0.4) is 0 Å². The van der Waals surface area contributed by atoms with E-state index in [9.17, 15) is 4.79 Å². The summed E-state index contributed by atoms with van der Waals surface area (Å²) in [5.41, 5.74) is 2.85. The lowest BCUT2D eigenvalue weighted by molar-refractivity contribution is -0.116. The first kappa shape index (κ1) is 18.4. The van der Waals surface area contributed by atoms with Crippen LogP contribution in [0.2, 0.25) is 0 Å². The molecule has 1 amide bonds. The Morgan fingerprint density at radius 1 is 1.10 bits per heavy atom. The van der Waals surface area contributed by atoms with Gasteiger partial charge in [0.2, 0.25) is 12.7 Å². The molecule has 3 heterocycles. The van der Waals surface area contributed by atoms with Crippen LogP contribution in [0.1, 0.15) is 29.0 Å². The Bertz CT molecular complexity index is 1120.